The summed E-state index contributed by atoms with van der Waals surface area (Å²) in [6.07, 6.45) is 5.68. The second-order valence-electron chi connectivity index (χ2n) is 6.56. The Hall–Kier alpha value is -1.62. The van der Waals surface area contributed by atoms with Crippen LogP contribution in [-0.4, -0.2) is 27.1 Å². The maximum atomic E-state index is 12.8. The summed E-state index contributed by atoms with van der Waals surface area (Å²) >= 11 is 1.69. The van der Waals surface area contributed by atoms with Crippen molar-refractivity contribution in [3.63, 3.8) is 0 Å². The highest BCUT2D eigenvalue weighted by Crippen LogP contribution is 2.34. The summed E-state index contributed by atoms with van der Waals surface area (Å²) in [5.41, 5.74) is 1.84. The number of likely N-dealkylation sites (tertiary alicyclic amines) is 1. The highest BCUT2D eigenvalue weighted by atomic mass is 32.1. The summed E-state index contributed by atoms with van der Waals surface area (Å²) < 4.78 is 1.86. The molecule has 0 aliphatic carbocycles. The summed E-state index contributed by atoms with van der Waals surface area (Å²) in [4.78, 5) is 14.8. The van der Waals surface area contributed by atoms with E-state index in [1.165, 1.54) is 5.56 Å². The van der Waals surface area contributed by atoms with Crippen LogP contribution < -0.4 is 0 Å². The van der Waals surface area contributed by atoms with Crippen molar-refractivity contribution in [2.24, 2.45) is 0 Å². The molecule has 1 unspecified atom stereocenters. The third-order valence-corrected chi connectivity index (χ3v) is 4.66. The molecule has 2 aromatic rings. The molecule has 3 heterocycles. The number of aromatic nitrogens is 2. The standard InChI is InChI=1S/C16H21N3OS/c1-16(2,3)19-10-13(9-17-19)15(20)18-7-4-5-14(18)12-6-8-21-11-12/h6,8-11,14H,4-5,7H2,1-3H3. The van der Waals surface area contributed by atoms with E-state index in [4.69, 9.17) is 0 Å². The van der Waals surface area contributed by atoms with Crippen molar-refractivity contribution in [3.05, 3.63) is 40.3 Å². The quantitative estimate of drug-likeness (QED) is 0.849. The van der Waals surface area contributed by atoms with Gasteiger partial charge in [-0.25, -0.2) is 0 Å². The van der Waals surface area contributed by atoms with Gasteiger partial charge in [-0.2, -0.15) is 16.4 Å². The maximum absolute atomic E-state index is 12.8. The molecule has 2 aromatic heterocycles. The third kappa shape index (κ3) is 2.75. The number of amides is 1. The van der Waals surface area contributed by atoms with Crippen molar-refractivity contribution in [1.82, 2.24) is 14.7 Å². The van der Waals surface area contributed by atoms with Gasteiger partial charge in [0.25, 0.3) is 5.91 Å². The molecular formula is C16H21N3OS. The fourth-order valence-electron chi connectivity index (χ4n) is 2.79. The first-order valence-electron chi connectivity index (χ1n) is 7.35. The molecule has 0 aromatic carbocycles. The van der Waals surface area contributed by atoms with Crippen molar-refractivity contribution in [2.75, 3.05) is 6.54 Å². The van der Waals surface area contributed by atoms with Crippen LogP contribution in [-0.2, 0) is 5.54 Å². The number of rotatable bonds is 2. The van der Waals surface area contributed by atoms with Gasteiger partial charge in [0, 0.05) is 12.7 Å². The summed E-state index contributed by atoms with van der Waals surface area (Å²) in [6.45, 7) is 7.08. The van der Waals surface area contributed by atoms with Gasteiger partial charge in [-0.3, -0.25) is 9.48 Å². The van der Waals surface area contributed by atoms with Crippen LogP contribution in [0.2, 0.25) is 0 Å². The summed E-state index contributed by atoms with van der Waals surface area (Å²) in [5.74, 6) is 0.0965. The minimum absolute atomic E-state index is 0.0965. The number of carbonyl (C=O) groups excluding carboxylic acids is 1. The molecule has 0 radical (unpaired) electrons. The normalized spacial score (nSPS) is 19.2. The van der Waals surface area contributed by atoms with Crippen LogP contribution in [0.4, 0.5) is 0 Å². The molecule has 0 saturated carbocycles. The monoisotopic (exact) mass is 303 g/mol. The van der Waals surface area contributed by atoms with Crippen molar-refractivity contribution >= 4 is 17.2 Å². The van der Waals surface area contributed by atoms with Crippen LogP contribution in [0.15, 0.2) is 29.2 Å². The average molecular weight is 303 g/mol. The molecule has 1 fully saturated rings. The lowest BCUT2D eigenvalue weighted by molar-refractivity contribution is 0.0735. The van der Waals surface area contributed by atoms with E-state index in [2.05, 4.69) is 42.7 Å². The first-order valence-corrected chi connectivity index (χ1v) is 8.29. The van der Waals surface area contributed by atoms with Crippen LogP contribution in [0.25, 0.3) is 0 Å². The van der Waals surface area contributed by atoms with Gasteiger partial charge in [0.15, 0.2) is 0 Å². The lowest BCUT2D eigenvalue weighted by Gasteiger charge is -2.24. The van der Waals surface area contributed by atoms with Gasteiger partial charge < -0.3 is 4.90 Å². The van der Waals surface area contributed by atoms with Gasteiger partial charge in [0.05, 0.1) is 23.3 Å². The van der Waals surface area contributed by atoms with Gasteiger partial charge in [-0.1, -0.05) is 0 Å². The summed E-state index contributed by atoms with van der Waals surface area (Å²) in [5, 5.41) is 8.56. The van der Waals surface area contributed by atoms with Crippen molar-refractivity contribution in [1.29, 1.82) is 0 Å². The first kappa shape index (κ1) is 14.3. The summed E-state index contributed by atoms with van der Waals surface area (Å²) in [6, 6.07) is 2.35. The van der Waals surface area contributed by atoms with Crippen LogP contribution >= 0.6 is 11.3 Å². The van der Waals surface area contributed by atoms with Gasteiger partial charge >= 0.3 is 0 Å². The molecule has 1 aliphatic heterocycles. The second-order valence-corrected chi connectivity index (χ2v) is 7.34. The van der Waals surface area contributed by atoms with Crippen molar-refractivity contribution in [3.8, 4) is 0 Å². The van der Waals surface area contributed by atoms with E-state index in [0.717, 1.165) is 19.4 Å². The van der Waals surface area contributed by atoms with E-state index >= 15 is 0 Å². The van der Waals surface area contributed by atoms with E-state index in [1.807, 2.05) is 15.8 Å². The van der Waals surface area contributed by atoms with Crippen LogP contribution in [0.5, 0.6) is 0 Å². The van der Waals surface area contributed by atoms with Crippen molar-refractivity contribution < 1.29 is 4.79 Å². The molecule has 5 heteroatoms. The van der Waals surface area contributed by atoms with E-state index in [1.54, 1.807) is 17.5 Å². The van der Waals surface area contributed by atoms with E-state index in [0.29, 0.717) is 5.56 Å². The van der Waals surface area contributed by atoms with Crippen LogP contribution in [0.1, 0.15) is 55.6 Å². The minimum Gasteiger partial charge on any atom is -0.331 e. The van der Waals surface area contributed by atoms with E-state index in [9.17, 15) is 4.79 Å². The molecule has 1 aliphatic rings. The van der Waals surface area contributed by atoms with Crippen LogP contribution in [0, 0.1) is 0 Å². The number of thiophene rings is 1. The summed E-state index contributed by atoms with van der Waals surface area (Å²) in [7, 11) is 0. The molecule has 112 valence electrons. The second kappa shape index (κ2) is 5.30. The predicted octanol–water partition coefficient (Wildman–Crippen LogP) is 3.68. The van der Waals surface area contributed by atoms with Gasteiger partial charge in [0.1, 0.15) is 0 Å². The molecule has 0 N–H and O–H groups in total. The first-order chi connectivity index (χ1) is 9.97. The Bertz CT molecular complexity index is 624. The SMILES string of the molecule is CC(C)(C)n1cc(C(=O)N2CCCC2c2ccsc2)cn1. The molecule has 0 bridgehead atoms. The molecular weight excluding hydrogens is 282 g/mol. The molecule has 3 rings (SSSR count). The molecule has 1 atom stereocenters. The number of hydrogen-bond acceptors (Lipinski definition) is 3. The number of nitrogens with zero attached hydrogens (tertiary/aromatic N) is 3. The Morgan fingerprint density at radius 1 is 1.43 bits per heavy atom. The predicted molar refractivity (Wildman–Crippen MR) is 84.6 cm³/mol. The van der Waals surface area contributed by atoms with E-state index < -0.39 is 0 Å². The highest BCUT2D eigenvalue weighted by molar-refractivity contribution is 7.07. The Kier molecular flexibility index (Phi) is 3.61. The molecule has 21 heavy (non-hydrogen) atoms. The lowest BCUT2D eigenvalue weighted by Crippen LogP contribution is -2.30. The smallest absolute Gasteiger partial charge is 0.257 e. The molecule has 4 nitrogen and oxygen atoms in total. The Balaban J connectivity index is 1.83. The van der Waals surface area contributed by atoms with E-state index in [-0.39, 0.29) is 17.5 Å². The van der Waals surface area contributed by atoms with Gasteiger partial charge in [-0.15, -0.1) is 0 Å². The van der Waals surface area contributed by atoms with Gasteiger partial charge in [0.2, 0.25) is 0 Å². The molecule has 1 saturated heterocycles. The number of hydrogen-bond donors (Lipinski definition) is 0. The van der Waals surface area contributed by atoms with Crippen LogP contribution in [0.3, 0.4) is 0 Å². The zero-order chi connectivity index (χ0) is 15.0. The topological polar surface area (TPSA) is 38.1 Å². The maximum Gasteiger partial charge on any atom is 0.257 e. The van der Waals surface area contributed by atoms with Gasteiger partial charge in [-0.05, 0) is 56.0 Å². The zero-order valence-electron chi connectivity index (χ0n) is 12.7. The Labute approximate surface area is 129 Å². The molecule has 1 amide bonds. The highest BCUT2D eigenvalue weighted by Gasteiger charge is 2.31. The minimum atomic E-state index is -0.101. The Morgan fingerprint density at radius 3 is 2.86 bits per heavy atom. The largest absolute Gasteiger partial charge is 0.331 e. The fraction of sp³-hybridized carbons (Fsp3) is 0.500. The Morgan fingerprint density at radius 2 is 2.24 bits per heavy atom. The average Bonchev–Trinajstić information content (AvgIpc) is 3.16. The fourth-order valence-corrected chi connectivity index (χ4v) is 3.49. The lowest BCUT2D eigenvalue weighted by atomic mass is 10.1. The van der Waals surface area contributed by atoms with Crippen molar-refractivity contribution in [2.45, 2.75) is 45.2 Å². The zero-order valence-corrected chi connectivity index (χ0v) is 13.6. The number of carbonyl (C=O) groups is 1. The third-order valence-electron chi connectivity index (χ3n) is 3.96. The molecule has 0 spiro atoms.